The zero-order chi connectivity index (χ0) is 14.2. The van der Waals surface area contributed by atoms with E-state index in [1.54, 1.807) is 0 Å². The first-order valence-electron chi connectivity index (χ1n) is 4.45. The van der Waals surface area contributed by atoms with Crippen LogP contribution < -0.4 is 0 Å². The van der Waals surface area contributed by atoms with E-state index >= 15 is 0 Å². The molecule has 0 bridgehead atoms. The fraction of sp³-hybridized carbons (Fsp3) is 0.333. The lowest BCUT2D eigenvalue weighted by Gasteiger charge is -2.20. The van der Waals surface area contributed by atoms with Crippen LogP contribution in [-0.4, -0.2) is 25.1 Å². The Hall–Kier alpha value is -1.22. The van der Waals surface area contributed by atoms with Crippen LogP contribution in [0.25, 0.3) is 0 Å². The smallest absolute Gasteiger partial charge is 0.282 e. The van der Waals surface area contributed by atoms with Crippen LogP contribution in [0.3, 0.4) is 0 Å². The molecule has 0 saturated heterocycles. The van der Waals surface area contributed by atoms with Gasteiger partial charge in [0, 0.05) is 6.42 Å². The second-order valence-electron chi connectivity index (χ2n) is 3.46. The van der Waals surface area contributed by atoms with E-state index in [0.29, 0.717) is 0 Å². The Balaban J connectivity index is 3.22. The molecule has 0 saturated carbocycles. The second kappa shape index (κ2) is 4.47. The third-order valence-electron chi connectivity index (χ3n) is 2.08. The molecular formula is C9H7F5O3S. The van der Waals surface area contributed by atoms with Crippen molar-refractivity contribution in [2.45, 2.75) is 23.4 Å². The molecule has 0 heterocycles. The summed E-state index contributed by atoms with van der Waals surface area (Å²) in [6.45, 7) is 0. The van der Waals surface area contributed by atoms with Crippen molar-refractivity contribution in [3.05, 3.63) is 29.8 Å². The fourth-order valence-electron chi connectivity index (χ4n) is 1.24. The van der Waals surface area contributed by atoms with Gasteiger partial charge in [0.2, 0.25) is 0 Å². The van der Waals surface area contributed by atoms with Crippen molar-refractivity contribution in [2.75, 3.05) is 0 Å². The van der Waals surface area contributed by atoms with Gasteiger partial charge < -0.3 is 0 Å². The Kier molecular flexibility index (Phi) is 3.68. The molecule has 1 aromatic rings. The monoisotopic (exact) mass is 290 g/mol. The lowest BCUT2D eigenvalue weighted by molar-refractivity contribution is -0.281. The highest BCUT2D eigenvalue weighted by molar-refractivity contribution is 7.85. The Morgan fingerprint density at radius 1 is 1.06 bits per heavy atom. The third-order valence-corrected chi connectivity index (χ3v) is 3.03. The molecule has 0 spiro atoms. The third kappa shape index (κ3) is 3.16. The predicted molar refractivity (Wildman–Crippen MR) is 51.0 cm³/mol. The van der Waals surface area contributed by atoms with Crippen molar-refractivity contribution in [3.8, 4) is 0 Å². The molecule has 1 N–H and O–H groups in total. The quantitative estimate of drug-likeness (QED) is 0.688. The summed E-state index contributed by atoms with van der Waals surface area (Å²) in [7, 11) is -4.85. The SMILES string of the molecule is O=S(=O)(O)c1ccccc1CC(F)(F)C(F)(F)F. The van der Waals surface area contributed by atoms with Crippen LogP contribution in [0, 0.1) is 0 Å². The fourth-order valence-corrected chi connectivity index (χ4v) is 1.96. The van der Waals surface area contributed by atoms with Crippen LogP contribution in [0.4, 0.5) is 22.0 Å². The van der Waals surface area contributed by atoms with Gasteiger partial charge in [0.1, 0.15) is 0 Å². The number of benzene rings is 1. The molecule has 0 amide bonds. The summed E-state index contributed by atoms with van der Waals surface area (Å²) in [4.78, 5) is -0.964. The van der Waals surface area contributed by atoms with E-state index in [-0.39, 0.29) is 0 Å². The highest BCUT2D eigenvalue weighted by atomic mass is 32.2. The van der Waals surface area contributed by atoms with Crippen LogP contribution in [0.2, 0.25) is 0 Å². The number of hydrogen-bond donors (Lipinski definition) is 1. The van der Waals surface area contributed by atoms with Gasteiger partial charge >= 0.3 is 12.1 Å². The van der Waals surface area contributed by atoms with Crippen LogP contribution >= 0.6 is 0 Å². The standard InChI is InChI=1S/C9H7F5O3S/c10-8(11,9(12,13)14)5-6-3-1-2-4-7(6)18(15,16)17/h1-4H,5H2,(H,15,16,17). The largest absolute Gasteiger partial charge is 0.453 e. The molecule has 0 aliphatic carbocycles. The van der Waals surface area contributed by atoms with E-state index in [0.717, 1.165) is 24.3 Å². The summed E-state index contributed by atoms with van der Waals surface area (Å²) in [5.74, 6) is -5.08. The highest BCUT2D eigenvalue weighted by Gasteiger charge is 2.57. The van der Waals surface area contributed by atoms with Gasteiger partial charge in [-0.05, 0) is 11.6 Å². The van der Waals surface area contributed by atoms with E-state index in [9.17, 15) is 30.4 Å². The molecule has 0 atom stereocenters. The molecule has 1 rings (SSSR count). The first kappa shape index (κ1) is 14.8. The summed E-state index contributed by atoms with van der Waals surface area (Å²) in [5, 5.41) is 0. The maximum absolute atomic E-state index is 12.8. The number of halogens is 5. The van der Waals surface area contributed by atoms with E-state index in [1.165, 1.54) is 0 Å². The Morgan fingerprint density at radius 2 is 1.56 bits per heavy atom. The van der Waals surface area contributed by atoms with Crippen LogP contribution in [-0.2, 0) is 16.5 Å². The van der Waals surface area contributed by atoms with Gasteiger partial charge in [-0.2, -0.15) is 30.4 Å². The summed E-state index contributed by atoms with van der Waals surface area (Å²) >= 11 is 0. The van der Waals surface area contributed by atoms with Gasteiger partial charge in [0.05, 0.1) is 4.90 Å². The van der Waals surface area contributed by atoms with Gasteiger partial charge in [-0.3, -0.25) is 4.55 Å². The molecule has 0 radical (unpaired) electrons. The molecule has 0 fully saturated rings. The van der Waals surface area contributed by atoms with Crippen LogP contribution in [0.15, 0.2) is 29.2 Å². The Labute approximate surface area is 99.0 Å². The number of rotatable bonds is 3. The van der Waals surface area contributed by atoms with E-state index in [2.05, 4.69) is 0 Å². The van der Waals surface area contributed by atoms with Crippen molar-refractivity contribution < 1.29 is 34.9 Å². The summed E-state index contributed by atoms with van der Waals surface area (Å²) in [6, 6.07) is 3.72. The average Bonchev–Trinajstić information content (AvgIpc) is 2.14. The minimum absolute atomic E-state index is 0.747. The maximum Gasteiger partial charge on any atom is 0.453 e. The molecule has 0 aliphatic rings. The molecule has 1 aromatic carbocycles. The van der Waals surface area contributed by atoms with E-state index in [4.69, 9.17) is 4.55 Å². The van der Waals surface area contributed by atoms with Gasteiger partial charge in [-0.25, -0.2) is 0 Å². The average molecular weight is 290 g/mol. The van der Waals surface area contributed by atoms with Crippen molar-refractivity contribution in [1.82, 2.24) is 0 Å². The van der Waals surface area contributed by atoms with Crippen molar-refractivity contribution in [1.29, 1.82) is 0 Å². The molecule has 18 heavy (non-hydrogen) atoms. The zero-order valence-corrected chi connectivity index (χ0v) is 9.39. The predicted octanol–water partition coefficient (Wildman–Crippen LogP) is 2.67. The van der Waals surface area contributed by atoms with Crippen LogP contribution in [0.1, 0.15) is 5.56 Å². The normalized spacial score (nSPS) is 13.7. The molecular weight excluding hydrogens is 283 g/mol. The topological polar surface area (TPSA) is 54.4 Å². The van der Waals surface area contributed by atoms with E-state index in [1.807, 2.05) is 0 Å². The molecule has 0 aromatic heterocycles. The number of hydrogen-bond acceptors (Lipinski definition) is 2. The van der Waals surface area contributed by atoms with Crippen molar-refractivity contribution in [3.63, 3.8) is 0 Å². The zero-order valence-electron chi connectivity index (χ0n) is 8.58. The van der Waals surface area contributed by atoms with Gasteiger partial charge in [0.15, 0.2) is 0 Å². The van der Waals surface area contributed by atoms with Crippen molar-refractivity contribution >= 4 is 10.1 Å². The van der Waals surface area contributed by atoms with Gasteiger partial charge in [-0.1, -0.05) is 18.2 Å². The van der Waals surface area contributed by atoms with Gasteiger partial charge in [-0.15, -0.1) is 0 Å². The first-order chi connectivity index (χ1) is 7.95. The minimum atomic E-state index is -5.79. The van der Waals surface area contributed by atoms with Crippen LogP contribution in [0.5, 0.6) is 0 Å². The number of alkyl halides is 5. The molecule has 0 unspecified atom stereocenters. The second-order valence-corrected chi connectivity index (χ2v) is 4.85. The van der Waals surface area contributed by atoms with E-state index < -0.39 is 39.1 Å². The Morgan fingerprint density at radius 3 is 2.00 bits per heavy atom. The molecule has 0 aliphatic heterocycles. The summed E-state index contributed by atoms with van der Waals surface area (Å²) in [6.07, 6.45) is -7.65. The van der Waals surface area contributed by atoms with Crippen molar-refractivity contribution in [2.24, 2.45) is 0 Å². The molecule has 102 valence electrons. The maximum atomic E-state index is 12.8. The highest BCUT2D eigenvalue weighted by Crippen LogP contribution is 2.38. The molecule has 9 heteroatoms. The lowest BCUT2D eigenvalue weighted by atomic mass is 10.1. The Bertz CT molecular complexity index is 535. The van der Waals surface area contributed by atoms with Gasteiger partial charge in [0.25, 0.3) is 10.1 Å². The lowest BCUT2D eigenvalue weighted by Crippen LogP contribution is -2.38. The summed E-state index contributed by atoms with van der Waals surface area (Å²) in [5.41, 5.74) is -0.803. The minimum Gasteiger partial charge on any atom is -0.282 e. The summed E-state index contributed by atoms with van der Waals surface area (Å²) < 4.78 is 91.9. The first-order valence-corrected chi connectivity index (χ1v) is 5.89. The molecule has 3 nitrogen and oxygen atoms in total.